The van der Waals surface area contributed by atoms with Gasteiger partial charge in [-0.15, -0.1) is 11.3 Å². The molecule has 0 fully saturated rings. The Labute approximate surface area is 111 Å². The van der Waals surface area contributed by atoms with Crippen LogP contribution in [0.15, 0.2) is 16.7 Å². The summed E-state index contributed by atoms with van der Waals surface area (Å²) >= 11 is 1.83. The summed E-state index contributed by atoms with van der Waals surface area (Å²) in [7, 11) is 0. The molecule has 0 aromatic carbocycles. The van der Waals surface area contributed by atoms with Gasteiger partial charge in [0.05, 0.1) is 12.0 Å². The second-order valence-corrected chi connectivity index (χ2v) is 6.91. The van der Waals surface area contributed by atoms with E-state index in [0.717, 1.165) is 30.8 Å². The van der Waals surface area contributed by atoms with E-state index in [9.17, 15) is 0 Å². The lowest BCUT2D eigenvalue weighted by atomic mass is 10.0. The van der Waals surface area contributed by atoms with Crippen LogP contribution in [0.2, 0.25) is 0 Å². The average Bonchev–Trinajstić information content (AvgIpc) is 2.90. The Bertz CT molecular complexity index is 563. The first kappa shape index (κ1) is 11.9. The van der Waals surface area contributed by atoms with Gasteiger partial charge in [-0.25, -0.2) is 4.98 Å². The zero-order valence-corrected chi connectivity index (χ0v) is 11.9. The number of thiazole rings is 1. The van der Waals surface area contributed by atoms with E-state index in [1.807, 2.05) is 17.4 Å². The quantitative estimate of drug-likeness (QED) is 0.901. The van der Waals surface area contributed by atoms with Crippen LogP contribution < -0.4 is 5.32 Å². The molecule has 2 aromatic rings. The van der Waals surface area contributed by atoms with E-state index in [-0.39, 0.29) is 5.54 Å². The standard InChI is InChI=1S/C14H18N2OS/c1-14(2,3)15-8-12-16-13-9-6-7-17-10(9)4-5-11(13)18-12/h6-7,15H,4-5,8H2,1-3H3. The molecule has 0 bridgehead atoms. The van der Waals surface area contributed by atoms with Crippen molar-refractivity contribution < 1.29 is 4.42 Å². The highest BCUT2D eigenvalue weighted by molar-refractivity contribution is 7.12. The van der Waals surface area contributed by atoms with Gasteiger partial charge >= 0.3 is 0 Å². The Balaban J connectivity index is 1.86. The summed E-state index contributed by atoms with van der Waals surface area (Å²) < 4.78 is 5.49. The van der Waals surface area contributed by atoms with Crippen LogP contribution in [0.25, 0.3) is 11.3 Å². The van der Waals surface area contributed by atoms with Crippen molar-refractivity contribution >= 4 is 11.3 Å². The molecule has 96 valence electrons. The van der Waals surface area contributed by atoms with Crippen molar-refractivity contribution in [2.45, 2.75) is 45.7 Å². The third-order valence-electron chi connectivity index (χ3n) is 3.09. The van der Waals surface area contributed by atoms with Crippen molar-refractivity contribution in [1.82, 2.24) is 10.3 Å². The molecule has 0 aliphatic heterocycles. The van der Waals surface area contributed by atoms with Crippen molar-refractivity contribution in [2.24, 2.45) is 0 Å². The van der Waals surface area contributed by atoms with Crippen LogP contribution in [-0.4, -0.2) is 10.5 Å². The van der Waals surface area contributed by atoms with Crippen molar-refractivity contribution in [2.75, 3.05) is 0 Å². The molecule has 1 N–H and O–H groups in total. The van der Waals surface area contributed by atoms with Crippen molar-refractivity contribution in [1.29, 1.82) is 0 Å². The van der Waals surface area contributed by atoms with Gasteiger partial charge in [-0.2, -0.15) is 0 Å². The minimum Gasteiger partial charge on any atom is -0.469 e. The number of aromatic nitrogens is 1. The molecule has 0 amide bonds. The summed E-state index contributed by atoms with van der Waals surface area (Å²) in [4.78, 5) is 6.16. The highest BCUT2D eigenvalue weighted by atomic mass is 32.1. The largest absolute Gasteiger partial charge is 0.469 e. The van der Waals surface area contributed by atoms with Crippen LogP contribution in [0.3, 0.4) is 0 Å². The van der Waals surface area contributed by atoms with E-state index in [2.05, 4.69) is 26.1 Å². The molecule has 1 aliphatic carbocycles. The van der Waals surface area contributed by atoms with Gasteiger partial charge in [-0.3, -0.25) is 0 Å². The fourth-order valence-electron chi connectivity index (χ4n) is 2.17. The SMILES string of the molecule is CC(C)(C)NCc1nc2c(s1)CCc1occc1-2. The number of hydrogen-bond acceptors (Lipinski definition) is 4. The van der Waals surface area contributed by atoms with Gasteiger partial charge in [0.2, 0.25) is 0 Å². The number of nitrogens with zero attached hydrogens (tertiary/aromatic N) is 1. The highest BCUT2D eigenvalue weighted by Gasteiger charge is 2.23. The summed E-state index contributed by atoms with van der Waals surface area (Å²) in [6, 6.07) is 2.04. The number of hydrogen-bond donors (Lipinski definition) is 1. The molecule has 4 heteroatoms. The van der Waals surface area contributed by atoms with Crippen LogP contribution >= 0.6 is 11.3 Å². The van der Waals surface area contributed by atoms with Gasteiger partial charge < -0.3 is 9.73 Å². The summed E-state index contributed by atoms with van der Waals surface area (Å²) in [5.41, 5.74) is 2.46. The lowest BCUT2D eigenvalue weighted by Gasteiger charge is -2.19. The van der Waals surface area contributed by atoms with E-state index in [4.69, 9.17) is 9.40 Å². The Hall–Kier alpha value is -1.13. The molecule has 0 spiro atoms. The van der Waals surface area contributed by atoms with Crippen molar-refractivity contribution in [3.8, 4) is 11.3 Å². The van der Waals surface area contributed by atoms with E-state index < -0.39 is 0 Å². The fourth-order valence-corrected chi connectivity index (χ4v) is 3.19. The van der Waals surface area contributed by atoms with Gasteiger partial charge in [0.15, 0.2) is 0 Å². The lowest BCUT2D eigenvalue weighted by molar-refractivity contribution is 0.424. The predicted molar refractivity (Wildman–Crippen MR) is 73.8 cm³/mol. The molecule has 0 saturated heterocycles. The van der Waals surface area contributed by atoms with E-state index in [0.29, 0.717) is 0 Å². The summed E-state index contributed by atoms with van der Waals surface area (Å²) in [5.74, 6) is 1.09. The third-order valence-corrected chi connectivity index (χ3v) is 4.21. The maximum Gasteiger partial charge on any atom is 0.113 e. The first-order valence-electron chi connectivity index (χ1n) is 6.33. The zero-order chi connectivity index (χ0) is 12.8. The minimum absolute atomic E-state index is 0.132. The smallest absolute Gasteiger partial charge is 0.113 e. The molecule has 0 saturated carbocycles. The first-order valence-corrected chi connectivity index (χ1v) is 7.15. The topological polar surface area (TPSA) is 38.1 Å². The second-order valence-electron chi connectivity index (χ2n) is 5.74. The molecule has 2 aromatic heterocycles. The molecule has 18 heavy (non-hydrogen) atoms. The van der Waals surface area contributed by atoms with Gasteiger partial charge in [-0.1, -0.05) is 0 Å². The van der Waals surface area contributed by atoms with Crippen molar-refractivity contribution in [3.63, 3.8) is 0 Å². The van der Waals surface area contributed by atoms with Crippen LogP contribution in [-0.2, 0) is 19.4 Å². The van der Waals surface area contributed by atoms with Gasteiger partial charge in [0.1, 0.15) is 10.8 Å². The molecule has 3 nitrogen and oxygen atoms in total. The molecule has 3 rings (SSSR count). The highest BCUT2D eigenvalue weighted by Crippen LogP contribution is 2.36. The number of aryl methyl sites for hydroxylation is 2. The lowest BCUT2D eigenvalue weighted by Crippen LogP contribution is -2.34. The maximum atomic E-state index is 5.49. The Kier molecular flexibility index (Phi) is 2.79. The molecule has 2 heterocycles. The molecule has 0 unspecified atom stereocenters. The average molecular weight is 262 g/mol. The van der Waals surface area contributed by atoms with Crippen LogP contribution in [0.4, 0.5) is 0 Å². The zero-order valence-electron chi connectivity index (χ0n) is 11.0. The first-order chi connectivity index (χ1) is 8.53. The summed E-state index contributed by atoms with van der Waals surface area (Å²) in [6.07, 6.45) is 3.83. The number of fused-ring (bicyclic) bond motifs is 3. The molecular formula is C14H18N2OS. The van der Waals surface area contributed by atoms with Gasteiger partial charge in [0.25, 0.3) is 0 Å². The van der Waals surface area contributed by atoms with E-state index in [1.165, 1.54) is 15.4 Å². The second kappa shape index (κ2) is 4.21. The Morgan fingerprint density at radius 2 is 2.22 bits per heavy atom. The normalized spacial score (nSPS) is 14.4. The maximum absolute atomic E-state index is 5.49. The van der Waals surface area contributed by atoms with E-state index >= 15 is 0 Å². The van der Waals surface area contributed by atoms with Crippen molar-refractivity contribution in [3.05, 3.63) is 28.0 Å². The minimum atomic E-state index is 0.132. The Morgan fingerprint density at radius 1 is 1.39 bits per heavy atom. The van der Waals surface area contributed by atoms with Crippen LogP contribution in [0.1, 0.15) is 36.4 Å². The third kappa shape index (κ3) is 2.22. The fraction of sp³-hybridized carbons (Fsp3) is 0.500. The summed E-state index contributed by atoms with van der Waals surface area (Å²) in [6.45, 7) is 7.37. The monoisotopic (exact) mass is 262 g/mol. The number of rotatable bonds is 2. The van der Waals surface area contributed by atoms with Gasteiger partial charge in [-0.05, 0) is 33.3 Å². The predicted octanol–water partition coefficient (Wildman–Crippen LogP) is 3.39. The van der Waals surface area contributed by atoms with E-state index in [1.54, 1.807) is 6.26 Å². The Morgan fingerprint density at radius 3 is 3.00 bits per heavy atom. The molecule has 0 atom stereocenters. The summed E-state index contributed by atoms with van der Waals surface area (Å²) in [5, 5.41) is 4.66. The molecule has 1 aliphatic rings. The molecular weight excluding hydrogens is 244 g/mol. The molecule has 0 radical (unpaired) electrons. The van der Waals surface area contributed by atoms with Crippen LogP contribution in [0, 0.1) is 0 Å². The number of furan rings is 1. The number of nitrogens with one attached hydrogen (secondary N) is 1. The van der Waals surface area contributed by atoms with Crippen LogP contribution in [0.5, 0.6) is 0 Å². The van der Waals surface area contributed by atoms with Gasteiger partial charge in [0, 0.05) is 28.9 Å².